The van der Waals surface area contributed by atoms with Crippen molar-refractivity contribution in [1.82, 2.24) is 10.2 Å². The minimum Gasteiger partial charge on any atom is -0.353 e. The number of benzene rings is 1. The monoisotopic (exact) mass is 177 g/mol. The number of halogens is 1. The number of anilines is 2. The zero-order chi connectivity index (χ0) is 9.10. The van der Waals surface area contributed by atoms with Crippen molar-refractivity contribution in [3.05, 3.63) is 42.5 Å². The predicted octanol–water partition coefficient (Wildman–Crippen LogP) is 2.29. The van der Waals surface area contributed by atoms with Crippen molar-refractivity contribution < 1.29 is 4.39 Å². The summed E-state index contributed by atoms with van der Waals surface area (Å²) in [6, 6.07) is 6.27. The molecular weight excluding hydrogens is 169 g/mol. The highest BCUT2D eigenvalue weighted by Gasteiger charge is 1.95. The van der Waals surface area contributed by atoms with Gasteiger partial charge in [0.05, 0.1) is 11.9 Å². The van der Waals surface area contributed by atoms with Gasteiger partial charge in [-0.2, -0.15) is 5.10 Å². The van der Waals surface area contributed by atoms with Gasteiger partial charge in [-0.1, -0.05) is 6.07 Å². The Kier molecular flexibility index (Phi) is 1.96. The molecule has 13 heavy (non-hydrogen) atoms. The standard InChI is InChI=1S/C9H8FN3/c10-7-2-1-3-8(4-7)13-9-5-11-12-6-9/h1-6,13H,(H,11,12). The fraction of sp³-hybridized carbons (Fsp3) is 0. The van der Waals surface area contributed by atoms with Crippen molar-refractivity contribution in [2.75, 3.05) is 5.32 Å². The van der Waals surface area contributed by atoms with E-state index in [4.69, 9.17) is 0 Å². The summed E-state index contributed by atoms with van der Waals surface area (Å²) in [6.07, 6.45) is 3.33. The first kappa shape index (κ1) is 7.79. The van der Waals surface area contributed by atoms with E-state index in [0.717, 1.165) is 5.69 Å². The zero-order valence-corrected chi connectivity index (χ0v) is 6.79. The van der Waals surface area contributed by atoms with Crippen LogP contribution in [0.5, 0.6) is 0 Å². The molecule has 0 unspecified atom stereocenters. The minimum atomic E-state index is -0.256. The van der Waals surface area contributed by atoms with Crippen molar-refractivity contribution in [1.29, 1.82) is 0 Å². The molecule has 1 aromatic heterocycles. The Labute approximate surface area is 74.6 Å². The molecule has 0 atom stereocenters. The predicted molar refractivity (Wildman–Crippen MR) is 48.3 cm³/mol. The van der Waals surface area contributed by atoms with E-state index in [-0.39, 0.29) is 5.82 Å². The summed E-state index contributed by atoms with van der Waals surface area (Å²) >= 11 is 0. The molecule has 0 aliphatic heterocycles. The maximum absolute atomic E-state index is 12.7. The molecule has 0 aliphatic carbocycles. The second-order valence-corrected chi connectivity index (χ2v) is 2.62. The Balaban J connectivity index is 2.19. The summed E-state index contributed by atoms with van der Waals surface area (Å²) in [5, 5.41) is 9.41. The molecule has 1 heterocycles. The van der Waals surface area contributed by atoms with Crippen LogP contribution in [0.1, 0.15) is 0 Å². The van der Waals surface area contributed by atoms with Gasteiger partial charge in [0.25, 0.3) is 0 Å². The first-order valence-corrected chi connectivity index (χ1v) is 3.86. The fourth-order valence-electron chi connectivity index (χ4n) is 1.05. The number of aromatic nitrogens is 2. The Hall–Kier alpha value is -1.84. The summed E-state index contributed by atoms with van der Waals surface area (Å²) < 4.78 is 12.7. The van der Waals surface area contributed by atoms with E-state index < -0.39 is 0 Å². The Morgan fingerprint density at radius 3 is 2.92 bits per heavy atom. The lowest BCUT2D eigenvalue weighted by Gasteiger charge is -2.01. The third-order valence-electron chi connectivity index (χ3n) is 1.61. The van der Waals surface area contributed by atoms with Crippen LogP contribution in [0.25, 0.3) is 0 Å². The molecule has 0 aliphatic rings. The van der Waals surface area contributed by atoms with Gasteiger partial charge < -0.3 is 5.32 Å². The molecule has 2 N–H and O–H groups in total. The Bertz CT molecular complexity index is 384. The van der Waals surface area contributed by atoms with Crippen molar-refractivity contribution in [2.24, 2.45) is 0 Å². The van der Waals surface area contributed by atoms with Gasteiger partial charge in [0.2, 0.25) is 0 Å². The number of hydrogen-bond donors (Lipinski definition) is 2. The topological polar surface area (TPSA) is 40.7 Å². The summed E-state index contributed by atoms with van der Waals surface area (Å²) in [7, 11) is 0. The molecule has 0 spiro atoms. The van der Waals surface area contributed by atoms with Gasteiger partial charge in [0.15, 0.2) is 0 Å². The van der Waals surface area contributed by atoms with Crippen LogP contribution >= 0.6 is 0 Å². The van der Waals surface area contributed by atoms with E-state index in [1.165, 1.54) is 12.1 Å². The quantitative estimate of drug-likeness (QED) is 0.738. The summed E-state index contributed by atoms with van der Waals surface area (Å²) in [4.78, 5) is 0. The van der Waals surface area contributed by atoms with Gasteiger partial charge in [-0.25, -0.2) is 4.39 Å². The van der Waals surface area contributed by atoms with Gasteiger partial charge in [-0.15, -0.1) is 0 Å². The van der Waals surface area contributed by atoms with Crippen LogP contribution in [0.15, 0.2) is 36.7 Å². The fourth-order valence-corrected chi connectivity index (χ4v) is 1.05. The van der Waals surface area contributed by atoms with Crippen LogP contribution in [0.3, 0.4) is 0 Å². The van der Waals surface area contributed by atoms with E-state index >= 15 is 0 Å². The second-order valence-electron chi connectivity index (χ2n) is 2.62. The summed E-state index contributed by atoms with van der Waals surface area (Å²) in [5.41, 5.74) is 1.52. The van der Waals surface area contributed by atoms with Crippen molar-refractivity contribution in [3.8, 4) is 0 Å². The molecule has 3 nitrogen and oxygen atoms in total. The van der Waals surface area contributed by atoms with E-state index in [2.05, 4.69) is 15.5 Å². The van der Waals surface area contributed by atoms with Gasteiger partial charge in [-0.05, 0) is 18.2 Å². The Morgan fingerprint density at radius 1 is 1.31 bits per heavy atom. The van der Waals surface area contributed by atoms with Gasteiger partial charge >= 0.3 is 0 Å². The van der Waals surface area contributed by atoms with Gasteiger partial charge in [0, 0.05) is 11.9 Å². The minimum absolute atomic E-state index is 0.256. The molecule has 0 bridgehead atoms. The van der Waals surface area contributed by atoms with Crippen LogP contribution in [0.4, 0.5) is 15.8 Å². The third kappa shape index (κ3) is 1.84. The lowest BCUT2D eigenvalue weighted by atomic mass is 10.3. The molecule has 0 radical (unpaired) electrons. The van der Waals surface area contributed by atoms with Crippen LogP contribution in [0, 0.1) is 5.82 Å². The Morgan fingerprint density at radius 2 is 2.23 bits per heavy atom. The number of aromatic amines is 1. The molecule has 1 aromatic carbocycles. The molecule has 0 fully saturated rings. The number of hydrogen-bond acceptors (Lipinski definition) is 2. The number of nitrogens with one attached hydrogen (secondary N) is 2. The lowest BCUT2D eigenvalue weighted by Crippen LogP contribution is -1.88. The van der Waals surface area contributed by atoms with Gasteiger partial charge in [-0.3, -0.25) is 5.10 Å². The highest BCUT2D eigenvalue weighted by atomic mass is 19.1. The molecular formula is C9H8FN3. The second kappa shape index (κ2) is 3.26. The number of rotatable bonds is 2. The largest absolute Gasteiger partial charge is 0.353 e. The normalized spacial score (nSPS) is 9.92. The lowest BCUT2D eigenvalue weighted by molar-refractivity contribution is 0.628. The van der Waals surface area contributed by atoms with Crippen molar-refractivity contribution in [2.45, 2.75) is 0 Å². The molecule has 0 saturated carbocycles. The maximum atomic E-state index is 12.7. The van der Waals surface area contributed by atoms with Crippen LogP contribution in [-0.2, 0) is 0 Å². The molecule has 0 amide bonds. The van der Waals surface area contributed by atoms with E-state index in [9.17, 15) is 4.39 Å². The highest BCUT2D eigenvalue weighted by molar-refractivity contribution is 5.57. The van der Waals surface area contributed by atoms with Crippen LogP contribution < -0.4 is 5.32 Å². The number of H-pyrrole nitrogens is 1. The molecule has 66 valence electrons. The number of nitrogens with zero attached hydrogens (tertiary/aromatic N) is 1. The zero-order valence-electron chi connectivity index (χ0n) is 6.79. The summed E-state index contributed by atoms with van der Waals surface area (Å²) in [6.45, 7) is 0. The average Bonchev–Trinajstić information content (AvgIpc) is 2.57. The molecule has 2 aromatic rings. The maximum Gasteiger partial charge on any atom is 0.125 e. The van der Waals surface area contributed by atoms with Gasteiger partial charge in [0.1, 0.15) is 5.82 Å². The smallest absolute Gasteiger partial charge is 0.125 e. The van der Waals surface area contributed by atoms with Crippen LogP contribution in [0.2, 0.25) is 0 Å². The first-order valence-electron chi connectivity index (χ1n) is 3.86. The van der Waals surface area contributed by atoms with E-state index in [1.807, 2.05) is 0 Å². The molecule has 2 rings (SSSR count). The van der Waals surface area contributed by atoms with Crippen molar-refractivity contribution in [3.63, 3.8) is 0 Å². The first-order chi connectivity index (χ1) is 6.34. The molecule has 0 saturated heterocycles. The highest BCUT2D eigenvalue weighted by Crippen LogP contribution is 2.15. The summed E-state index contributed by atoms with van der Waals surface area (Å²) in [5.74, 6) is -0.256. The van der Waals surface area contributed by atoms with Crippen molar-refractivity contribution >= 4 is 11.4 Å². The third-order valence-corrected chi connectivity index (χ3v) is 1.61. The SMILES string of the molecule is Fc1cccc(Nc2cn[nH]c2)c1. The molecule has 4 heteroatoms. The average molecular weight is 177 g/mol. The van der Waals surface area contributed by atoms with E-state index in [1.54, 1.807) is 24.5 Å². The van der Waals surface area contributed by atoms with E-state index in [0.29, 0.717) is 5.69 Å². The van der Waals surface area contributed by atoms with Crippen LogP contribution in [-0.4, -0.2) is 10.2 Å².